The third kappa shape index (κ3) is 3.80. The molecule has 0 aliphatic heterocycles. The van der Waals surface area contributed by atoms with Crippen LogP contribution in [0.5, 0.6) is 0 Å². The molecular weight excluding hydrogens is 194 g/mol. The number of carbonyl (C=O) groups excluding carboxylic acids is 1. The van der Waals surface area contributed by atoms with E-state index in [0.29, 0.717) is 18.2 Å². The molecule has 0 aromatic carbocycles. The van der Waals surface area contributed by atoms with Crippen molar-refractivity contribution in [3.8, 4) is 0 Å². The van der Waals surface area contributed by atoms with E-state index in [1.165, 1.54) is 0 Å². The molecule has 1 aromatic rings. The lowest BCUT2D eigenvalue weighted by Gasteiger charge is -2.06. The van der Waals surface area contributed by atoms with Gasteiger partial charge in [-0.3, -0.25) is 9.78 Å². The Morgan fingerprint density at radius 3 is 2.80 bits per heavy atom. The predicted molar refractivity (Wildman–Crippen MR) is 58.8 cm³/mol. The maximum atomic E-state index is 11.1. The highest BCUT2D eigenvalue weighted by Crippen LogP contribution is 2.04. The molecule has 0 radical (unpaired) electrons. The van der Waals surface area contributed by atoms with Gasteiger partial charge in [0.1, 0.15) is 11.6 Å². The minimum absolute atomic E-state index is 0.0610. The van der Waals surface area contributed by atoms with E-state index in [9.17, 15) is 4.79 Å². The average Bonchev–Trinajstić information content (AvgIpc) is 2.27. The van der Waals surface area contributed by atoms with Gasteiger partial charge < -0.3 is 16.0 Å². The largest absolute Gasteiger partial charge is 0.372 e. The quantitative estimate of drug-likeness (QED) is 0.639. The topological polar surface area (TPSA) is 78.9 Å². The highest BCUT2D eigenvalue weighted by molar-refractivity contribution is 5.80. The lowest BCUT2D eigenvalue weighted by Crippen LogP contribution is -2.29. The van der Waals surface area contributed by atoms with Crippen LogP contribution in [-0.2, 0) is 4.79 Å². The molecule has 0 spiro atoms. The van der Waals surface area contributed by atoms with Gasteiger partial charge in [-0.2, -0.15) is 0 Å². The summed E-state index contributed by atoms with van der Waals surface area (Å²) >= 11 is 0. The van der Waals surface area contributed by atoms with Crippen molar-refractivity contribution in [1.29, 1.82) is 0 Å². The molecule has 0 aliphatic rings. The Bertz CT molecular complexity index is 328. The highest BCUT2D eigenvalue weighted by Gasteiger charge is 2.00. The van der Waals surface area contributed by atoms with E-state index in [1.807, 2.05) is 6.92 Å². The molecule has 3 N–H and O–H groups in total. The molecule has 1 heterocycles. The molecule has 1 amide bonds. The van der Waals surface area contributed by atoms with Crippen molar-refractivity contribution in [2.24, 2.45) is 0 Å². The lowest BCUT2D eigenvalue weighted by molar-refractivity contribution is -0.119. The summed E-state index contributed by atoms with van der Waals surface area (Å²) in [6, 6.07) is 0. The molecule has 0 aliphatic carbocycles. The number of rotatable bonds is 5. The minimum atomic E-state index is -0.0610. The number of anilines is 2. The van der Waals surface area contributed by atoms with E-state index >= 15 is 0 Å². The fourth-order valence-electron chi connectivity index (χ4n) is 1.00. The monoisotopic (exact) mass is 209 g/mol. The van der Waals surface area contributed by atoms with E-state index in [-0.39, 0.29) is 12.5 Å². The number of hydrogen-bond acceptors (Lipinski definition) is 5. The van der Waals surface area contributed by atoms with Crippen molar-refractivity contribution in [1.82, 2.24) is 15.3 Å². The fraction of sp³-hybridized carbons (Fsp3) is 0.444. The Balaban J connectivity index is 2.46. The zero-order valence-electron chi connectivity index (χ0n) is 8.87. The van der Waals surface area contributed by atoms with E-state index in [0.717, 1.165) is 0 Å². The van der Waals surface area contributed by atoms with Crippen LogP contribution >= 0.6 is 0 Å². The molecule has 0 bridgehead atoms. The third-order valence-corrected chi connectivity index (χ3v) is 1.69. The van der Waals surface area contributed by atoms with Gasteiger partial charge in [-0.05, 0) is 6.92 Å². The van der Waals surface area contributed by atoms with Crippen LogP contribution < -0.4 is 16.0 Å². The van der Waals surface area contributed by atoms with E-state index in [2.05, 4.69) is 25.9 Å². The van der Waals surface area contributed by atoms with Crippen LogP contribution in [-0.4, -0.2) is 36.0 Å². The van der Waals surface area contributed by atoms with Gasteiger partial charge in [0.05, 0.1) is 18.9 Å². The second-order valence-corrected chi connectivity index (χ2v) is 2.85. The number of nitrogens with zero attached hydrogens (tertiary/aromatic N) is 2. The molecule has 6 nitrogen and oxygen atoms in total. The summed E-state index contributed by atoms with van der Waals surface area (Å²) in [5.41, 5.74) is 0. The smallest absolute Gasteiger partial charge is 0.239 e. The first-order valence-electron chi connectivity index (χ1n) is 4.76. The van der Waals surface area contributed by atoms with Crippen molar-refractivity contribution in [3.05, 3.63) is 12.4 Å². The molecule has 1 aromatic heterocycles. The standard InChI is InChI=1S/C9H15N5O/c1-3-12-9(15)6-13-8-5-11-4-7(10-2)14-8/h4-5H,3,6H2,1-2H3,(H,12,15)(H2,10,13,14). The summed E-state index contributed by atoms with van der Waals surface area (Å²) in [5, 5.41) is 8.42. The van der Waals surface area contributed by atoms with Crippen LogP contribution in [0.1, 0.15) is 6.92 Å². The van der Waals surface area contributed by atoms with E-state index in [1.54, 1.807) is 19.4 Å². The number of hydrogen-bond donors (Lipinski definition) is 3. The molecule has 82 valence electrons. The minimum Gasteiger partial charge on any atom is -0.372 e. The van der Waals surface area contributed by atoms with Crippen LogP contribution in [0.25, 0.3) is 0 Å². The Hall–Kier alpha value is -1.85. The Kier molecular flexibility index (Phi) is 4.33. The molecule has 15 heavy (non-hydrogen) atoms. The summed E-state index contributed by atoms with van der Waals surface area (Å²) in [4.78, 5) is 19.3. The zero-order valence-corrected chi connectivity index (χ0v) is 8.87. The van der Waals surface area contributed by atoms with Gasteiger partial charge >= 0.3 is 0 Å². The second kappa shape index (κ2) is 5.79. The van der Waals surface area contributed by atoms with Crippen molar-refractivity contribution in [3.63, 3.8) is 0 Å². The van der Waals surface area contributed by atoms with Crippen molar-refractivity contribution >= 4 is 17.5 Å². The number of amides is 1. The molecular formula is C9H15N5O. The first-order valence-corrected chi connectivity index (χ1v) is 4.76. The molecule has 0 saturated heterocycles. The SMILES string of the molecule is CCNC(=O)CNc1cncc(NC)n1. The van der Waals surface area contributed by atoms with Gasteiger partial charge in [-0.25, -0.2) is 4.98 Å². The maximum absolute atomic E-state index is 11.1. The maximum Gasteiger partial charge on any atom is 0.239 e. The normalized spacial score (nSPS) is 9.47. The molecule has 1 rings (SSSR count). The molecule has 0 unspecified atom stereocenters. The first kappa shape index (κ1) is 11.2. The van der Waals surface area contributed by atoms with Gasteiger partial charge in [0.25, 0.3) is 0 Å². The van der Waals surface area contributed by atoms with Gasteiger partial charge in [0, 0.05) is 13.6 Å². The van der Waals surface area contributed by atoms with Crippen LogP contribution in [0.2, 0.25) is 0 Å². The van der Waals surface area contributed by atoms with Crippen LogP contribution in [0.4, 0.5) is 11.6 Å². The Morgan fingerprint density at radius 1 is 1.40 bits per heavy atom. The second-order valence-electron chi connectivity index (χ2n) is 2.85. The third-order valence-electron chi connectivity index (χ3n) is 1.69. The predicted octanol–water partition coefficient (Wildman–Crippen LogP) is 0.0663. The van der Waals surface area contributed by atoms with Gasteiger partial charge in [0.2, 0.25) is 5.91 Å². The first-order chi connectivity index (χ1) is 7.26. The Morgan fingerprint density at radius 2 is 2.13 bits per heavy atom. The molecule has 0 saturated carbocycles. The number of likely N-dealkylation sites (N-methyl/N-ethyl adjacent to an activating group) is 1. The summed E-state index contributed by atoms with van der Waals surface area (Å²) in [7, 11) is 1.76. The van der Waals surface area contributed by atoms with E-state index < -0.39 is 0 Å². The fourth-order valence-corrected chi connectivity index (χ4v) is 1.00. The van der Waals surface area contributed by atoms with Gasteiger partial charge in [-0.1, -0.05) is 0 Å². The molecule has 0 fully saturated rings. The summed E-state index contributed by atoms with van der Waals surface area (Å²) in [5.74, 6) is 1.18. The Labute approximate surface area is 88.5 Å². The lowest BCUT2D eigenvalue weighted by atomic mass is 10.5. The summed E-state index contributed by atoms with van der Waals surface area (Å²) in [6.07, 6.45) is 3.18. The van der Waals surface area contributed by atoms with Crippen molar-refractivity contribution in [2.75, 3.05) is 30.8 Å². The van der Waals surface area contributed by atoms with Crippen molar-refractivity contribution in [2.45, 2.75) is 6.92 Å². The van der Waals surface area contributed by atoms with Gasteiger partial charge in [0.15, 0.2) is 0 Å². The average molecular weight is 209 g/mol. The van der Waals surface area contributed by atoms with Crippen molar-refractivity contribution < 1.29 is 4.79 Å². The molecule has 6 heteroatoms. The van der Waals surface area contributed by atoms with E-state index in [4.69, 9.17) is 0 Å². The van der Waals surface area contributed by atoms with Crippen LogP contribution in [0.3, 0.4) is 0 Å². The number of aromatic nitrogens is 2. The zero-order chi connectivity index (χ0) is 11.1. The molecule has 0 atom stereocenters. The van der Waals surface area contributed by atoms with Crippen LogP contribution in [0, 0.1) is 0 Å². The highest BCUT2D eigenvalue weighted by atomic mass is 16.1. The van der Waals surface area contributed by atoms with Gasteiger partial charge in [-0.15, -0.1) is 0 Å². The summed E-state index contributed by atoms with van der Waals surface area (Å²) < 4.78 is 0. The summed E-state index contributed by atoms with van der Waals surface area (Å²) in [6.45, 7) is 2.71. The number of nitrogens with one attached hydrogen (secondary N) is 3. The number of carbonyl (C=O) groups is 1. The van der Waals surface area contributed by atoms with Crippen LogP contribution in [0.15, 0.2) is 12.4 Å².